The molecule has 21 heavy (non-hydrogen) atoms. The first kappa shape index (κ1) is 15.5. The maximum Gasteiger partial charge on any atom is 0.309 e. The third-order valence-corrected chi connectivity index (χ3v) is 4.05. The number of carbonyl (C=O) groups is 2. The number of carbonyl (C=O) groups excluding carboxylic acids is 1. The van der Waals surface area contributed by atoms with Crippen LogP contribution in [0.2, 0.25) is 0 Å². The fourth-order valence-corrected chi connectivity index (χ4v) is 3.16. The van der Waals surface area contributed by atoms with Gasteiger partial charge in [0.2, 0.25) is 5.91 Å². The zero-order chi connectivity index (χ0) is 15.7. The van der Waals surface area contributed by atoms with Gasteiger partial charge in [0.15, 0.2) is 0 Å². The summed E-state index contributed by atoms with van der Waals surface area (Å²) in [6.07, 6.45) is 0.0973. The second kappa shape index (κ2) is 5.88. The van der Waals surface area contributed by atoms with Gasteiger partial charge in [0.1, 0.15) is 0 Å². The van der Waals surface area contributed by atoms with Gasteiger partial charge in [-0.15, -0.1) is 0 Å². The van der Waals surface area contributed by atoms with E-state index in [4.69, 9.17) is 0 Å². The van der Waals surface area contributed by atoms with E-state index in [0.717, 1.165) is 16.7 Å². The molecule has 4 heteroatoms. The lowest BCUT2D eigenvalue weighted by molar-refractivity contribution is -0.142. The summed E-state index contributed by atoms with van der Waals surface area (Å²) in [6, 6.07) is 5.65. The normalized spacial score (nSPS) is 22.1. The largest absolute Gasteiger partial charge is 0.481 e. The average Bonchev–Trinajstić information content (AvgIpc) is 2.67. The van der Waals surface area contributed by atoms with Crippen molar-refractivity contribution in [3.8, 4) is 0 Å². The molecule has 2 rings (SSSR count). The molecule has 4 nitrogen and oxygen atoms in total. The molecule has 1 heterocycles. The molecule has 1 aliphatic rings. The maximum absolute atomic E-state index is 12.2. The summed E-state index contributed by atoms with van der Waals surface area (Å²) in [5.41, 5.74) is 3.15. The first-order valence-corrected chi connectivity index (χ1v) is 7.40. The predicted molar refractivity (Wildman–Crippen MR) is 81.0 cm³/mol. The lowest BCUT2D eigenvalue weighted by atomic mass is 9.90. The van der Waals surface area contributed by atoms with E-state index in [-0.39, 0.29) is 18.4 Å². The number of benzene rings is 1. The Morgan fingerprint density at radius 3 is 2.57 bits per heavy atom. The number of aliphatic carboxylic acids is 1. The van der Waals surface area contributed by atoms with Crippen molar-refractivity contribution in [2.75, 3.05) is 6.54 Å². The van der Waals surface area contributed by atoms with Crippen LogP contribution in [0.5, 0.6) is 0 Å². The molecule has 1 fully saturated rings. The molecule has 2 unspecified atom stereocenters. The van der Waals surface area contributed by atoms with E-state index >= 15 is 0 Å². The minimum absolute atomic E-state index is 0.0546. The highest BCUT2D eigenvalue weighted by atomic mass is 16.4. The minimum Gasteiger partial charge on any atom is -0.481 e. The highest BCUT2D eigenvalue weighted by Crippen LogP contribution is 2.40. The van der Waals surface area contributed by atoms with E-state index in [1.807, 2.05) is 45.9 Å². The summed E-state index contributed by atoms with van der Waals surface area (Å²) in [7, 11) is 0. The molecule has 0 bridgehead atoms. The molecule has 1 aromatic rings. The number of nitrogens with zero attached hydrogens (tertiary/aromatic N) is 1. The predicted octanol–water partition coefficient (Wildman–Crippen LogP) is 2.93. The highest BCUT2D eigenvalue weighted by Gasteiger charge is 2.45. The SMILES string of the molecule is Cc1ccc(C2C(C(=O)O)CC(=O)N2CC(C)C)c(C)c1. The smallest absolute Gasteiger partial charge is 0.309 e. The Labute approximate surface area is 125 Å². The summed E-state index contributed by atoms with van der Waals surface area (Å²) in [6.45, 7) is 8.68. The summed E-state index contributed by atoms with van der Waals surface area (Å²) >= 11 is 0. The molecule has 2 atom stereocenters. The van der Waals surface area contributed by atoms with Gasteiger partial charge in [0.05, 0.1) is 12.0 Å². The topological polar surface area (TPSA) is 57.6 Å². The first-order chi connectivity index (χ1) is 9.81. The summed E-state index contributed by atoms with van der Waals surface area (Å²) in [5.74, 6) is -1.28. The molecular weight excluding hydrogens is 266 g/mol. The molecule has 0 spiro atoms. The molecular formula is C17H23NO3. The van der Waals surface area contributed by atoms with E-state index in [9.17, 15) is 14.7 Å². The minimum atomic E-state index is -0.889. The summed E-state index contributed by atoms with van der Waals surface area (Å²) < 4.78 is 0. The third-order valence-electron chi connectivity index (χ3n) is 4.05. The molecule has 0 aromatic heterocycles. The Morgan fingerprint density at radius 2 is 2.05 bits per heavy atom. The van der Waals surface area contributed by atoms with Crippen LogP contribution < -0.4 is 0 Å². The van der Waals surface area contributed by atoms with Crippen molar-refractivity contribution in [1.82, 2.24) is 4.90 Å². The number of hydrogen-bond donors (Lipinski definition) is 1. The second-order valence-corrected chi connectivity index (χ2v) is 6.39. The number of likely N-dealkylation sites (tertiary alicyclic amines) is 1. The molecule has 1 aromatic carbocycles. The van der Waals surface area contributed by atoms with Crippen LogP contribution in [-0.4, -0.2) is 28.4 Å². The van der Waals surface area contributed by atoms with Gasteiger partial charge in [-0.05, 0) is 30.9 Å². The van der Waals surface area contributed by atoms with Gasteiger partial charge in [0, 0.05) is 13.0 Å². The Balaban J connectivity index is 2.46. The van der Waals surface area contributed by atoms with Crippen LogP contribution in [0.3, 0.4) is 0 Å². The fraction of sp³-hybridized carbons (Fsp3) is 0.529. The van der Waals surface area contributed by atoms with Crippen molar-refractivity contribution in [3.05, 3.63) is 34.9 Å². The maximum atomic E-state index is 12.2. The van der Waals surface area contributed by atoms with Gasteiger partial charge >= 0.3 is 5.97 Å². The van der Waals surface area contributed by atoms with Gasteiger partial charge in [-0.25, -0.2) is 0 Å². The number of aryl methyl sites for hydroxylation is 2. The highest BCUT2D eigenvalue weighted by molar-refractivity contribution is 5.87. The number of rotatable bonds is 4. The zero-order valence-electron chi connectivity index (χ0n) is 13.1. The van der Waals surface area contributed by atoms with E-state index in [0.29, 0.717) is 12.5 Å². The number of carboxylic acids is 1. The van der Waals surface area contributed by atoms with Crippen molar-refractivity contribution < 1.29 is 14.7 Å². The second-order valence-electron chi connectivity index (χ2n) is 6.39. The van der Waals surface area contributed by atoms with Crippen molar-refractivity contribution >= 4 is 11.9 Å². The quantitative estimate of drug-likeness (QED) is 0.927. The Bertz CT molecular complexity index is 565. The van der Waals surface area contributed by atoms with Crippen LogP contribution in [0.1, 0.15) is 43.0 Å². The van der Waals surface area contributed by atoms with Crippen LogP contribution in [0.4, 0.5) is 0 Å². The van der Waals surface area contributed by atoms with E-state index in [1.54, 1.807) is 4.90 Å². The van der Waals surface area contributed by atoms with Crippen molar-refractivity contribution in [2.24, 2.45) is 11.8 Å². The Morgan fingerprint density at radius 1 is 1.38 bits per heavy atom. The molecule has 1 saturated heterocycles. The molecule has 0 aliphatic carbocycles. The van der Waals surface area contributed by atoms with Gasteiger partial charge in [0.25, 0.3) is 0 Å². The van der Waals surface area contributed by atoms with Crippen LogP contribution in [-0.2, 0) is 9.59 Å². The average molecular weight is 289 g/mol. The van der Waals surface area contributed by atoms with Crippen LogP contribution in [0.15, 0.2) is 18.2 Å². The fourth-order valence-electron chi connectivity index (χ4n) is 3.16. The van der Waals surface area contributed by atoms with Gasteiger partial charge in [-0.2, -0.15) is 0 Å². The molecule has 1 aliphatic heterocycles. The first-order valence-electron chi connectivity index (χ1n) is 7.40. The standard InChI is InChI=1S/C17H23NO3/c1-10(2)9-18-15(19)8-14(17(20)21)16(18)13-6-5-11(3)7-12(13)4/h5-7,10,14,16H,8-9H2,1-4H3,(H,20,21). The van der Waals surface area contributed by atoms with E-state index < -0.39 is 11.9 Å². The van der Waals surface area contributed by atoms with Crippen molar-refractivity contribution in [3.63, 3.8) is 0 Å². The molecule has 114 valence electrons. The number of carboxylic acid groups (broad SMARTS) is 1. The van der Waals surface area contributed by atoms with Gasteiger partial charge < -0.3 is 10.0 Å². The van der Waals surface area contributed by atoms with E-state index in [1.165, 1.54) is 0 Å². The van der Waals surface area contributed by atoms with Crippen LogP contribution >= 0.6 is 0 Å². The monoisotopic (exact) mass is 289 g/mol. The van der Waals surface area contributed by atoms with E-state index in [2.05, 4.69) is 0 Å². The van der Waals surface area contributed by atoms with Gasteiger partial charge in [-0.1, -0.05) is 37.6 Å². The van der Waals surface area contributed by atoms with Crippen molar-refractivity contribution in [1.29, 1.82) is 0 Å². The molecule has 1 amide bonds. The number of hydrogen-bond acceptors (Lipinski definition) is 2. The van der Waals surface area contributed by atoms with Gasteiger partial charge in [-0.3, -0.25) is 9.59 Å². The van der Waals surface area contributed by atoms with Crippen LogP contribution in [0.25, 0.3) is 0 Å². The molecule has 0 radical (unpaired) electrons. The molecule has 0 saturated carbocycles. The Hall–Kier alpha value is -1.84. The Kier molecular flexibility index (Phi) is 4.35. The lowest BCUT2D eigenvalue weighted by Gasteiger charge is -2.30. The third kappa shape index (κ3) is 3.09. The van der Waals surface area contributed by atoms with Crippen molar-refractivity contribution in [2.45, 2.75) is 40.2 Å². The summed E-state index contributed by atoms with van der Waals surface area (Å²) in [4.78, 5) is 25.6. The molecule has 1 N–H and O–H groups in total. The van der Waals surface area contributed by atoms with Crippen LogP contribution in [0, 0.1) is 25.7 Å². The lowest BCUT2D eigenvalue weighted by Crippen LogP contribution is -2.34. The zero-order valence-corrected chi connectivity index (χ0v) is 13.1. The summed E-state index contributed by atoms with van der Waals surface area (Å²) in [5, 5.41) is 9.48. The number of amides is 1.